The summed E-state index contributed by atoms with van der Waals surface area (Å²) >= 11 is 0. The molecule has 6 rings (SSSR count). The first kappa shape index (κ1) is 57.0. The molecule has 3 aliphatic rings. The topological polar surface area (TPSA) is 301 Å². The minimum absolute atomic E-state index is 0.0536. The molecule has 2 aromatic carbocycles. The van der Waals surface area contributed by atoms with Crippen molar-refractivity contribution in [3.05, 3.63) is 102 Å². The van der Waals surface area contributed by atoms with Crippen molar-refractivity contribution < 1.29 is 76.2 Å². The predicted octanol–water partition coefficient (Wildman–Crippen LogP) is 1.48. The highest BCUT2D eigenvalue weighted by Gasteiger charge is 2.39. The molecule has 75 heavy (non-hydrogen) atoms. The van der Waals surface area contributed by atoms with Gasteiger partial charge >= 0.3 is 6.09 Å². The Balaban J connectivity index is 1.01. The number of aliphatic hydroxyl groups is 3. The molecule has 4 heterocycles. The summed E-state index contributed by atoms with van der Waals surface area (Å²) in [6, 6.07) is 14.2. The van der Waals surface area contributed by atoms with Crippen LogP contribution in [-0.4, -0.2) is 186 Å². The van der Waals surface area contributed by atoms with Crippen molar-refractivity contribution in [2.45, 2.75) is 69.7 Å². The van der Waals surface area contributed by atoms with Crippen LogP contribution in [0.4, 0.5) is 10.5 Å². The van der Waals surface area contributed by atoms with Gasteiger partial charge in [0.15, 0.2) is 6.73 Å². The summed E-state index contributed by atoms with van der Waals surface area (Å²) in [5.41, 5.74) is 1.42. The summed E-state index contributed by atoms with van der Waals surface area (Å²) in [6.07, 6.45) is 6.67. The zero-order valence-electron chi connectivity index (χ0n) is 41.7. The van der Waals surface area contributed by atoms with Crippen molar-refractivity contribution in [1.29, 1.82) is 0 Å². The number of anilines is 1. The number of carbonyl (C=O) groups excluding carboxylic acids is 7. The normalized spacial score (nSPS) is 18.9. The predicted molar refractivity (Wildman–Crippen MR) is 269 cm³/mol. The molecular weight excluding hydrogens is 999 g/mol. The van der Waals surface area contributed by atoms with Crippen LogP contribution in [0.15, 0.2) is 85.2 Å². The van der Waals surface area contributed by atoms with Crippen LogP contribution in [-0.2, 0) is 49.9 Å². The molecule has 3 aliphatic heterocycles. The number of imide groups is 1. The lowest BCUT2D eigenvalue weighted by molar-refractivity contribution is -0.241. The van der Waals surface area contributed by atoms with Crippen LogP contribution in [0, 0.1) is 5.92 Å². The molecule has 0 bridgehead atoms. The number of rotatable bonds is 24. The number of piperidine rings is 1. The Morgan fingerprint density at radius 2 is 1.72 bits per heavy atom. The van der Waals surface area contributed by atoms with E-state index >= 15 is 0 Å². The first-order valence-electron chi connectivity index (χ1n) is 24.3. The standard InChI is InChI=1S/C51H63N7O16S/c1-55(44(62)19-24-58-45(63)15-16-46(58)64)30-43(61)54-39-27-36(11-13-41(39)74-50-48(66)47(65)40(59)32-71-50)31-72-51(68)57(25-26-75(2,69)70)33-73-38-10-5-9-37(28-38)49(67)56-22-17-34(18-23-56)7-3-4-21-53-42(60)14-12-35-8-6-20-52-29-35/h5-6,8-16,20,27-29,34,40,47-48,50,59,65-66H,3-4,7,17-19,21-26,30-33H2,1-2H3,(H,53,60)(H,54,61)/b14-12+/t40-,47+,48-,50+/m1/s1. The van der Waals surface area contributed by atoms with E-state index in [1.165, 1.54) is 31.3 Å². The lowest BCUT2D eigenvalue weighted by atomic mass is 9.91. The van der Waals surface area contributed by atoms with Crippen molar-refractivity contribution in [2.24, 2.45) is 5.92 Å². The van der Waals surface area contributed by atoms with Gasteiger partial charge in [-0.15, -0.1) is 0 Å². The van der Waals surface area contributed by atoms with Gasteiger partial charge in [0.1, 0.15) is 46.3 Å². The van der Waals surface area contributed by atoms with Gasteiger partial charge in [-0.05, 0) is 78.8 Å². The zero-order valence-corrected chi connectivity index (χ0v) is 42.5. The lowest BCUT2D eigenvalue weighted by Crippen LogP contribution is -2.54. The number of carbonyl (C=O) groups is 7. The number of sulfone groups is 1. The van der Waals surface area contributed by atoms with Crippen LogP contribution in [0.3, 0.4) is 0 Å². The molecule has 0 radical (unpaired) electrons. The molecule has 0 unspecified atom stereocenters. The Morgan fingerprint density at radius 1 is 0.960 bits per heavy atom. The maximum absolute atomic E-state index is 13.6. The smallest absolute Gasteiger partial charge is 0.412 e. The van der Waals surface area contributed by atoms with E-state index in [-0.39, 0.29) is 60.7 Å². The van der Waals surface area contributed by atoms with E-state index in [1.807, 2.05) is 6.07 Å². The second-order valence-corrected chi connectivity index (χ2v) is 20.6. The second-order valence-electron chi connectivity index (χ2n) is 18.3. The third kappa shape index (κ3) is 17.7. The maximum atomic E-state index is 13.6. The number of likely N-dealkylation sites (tertiary alicyclic amines) is 1. The molecule has 2 fully saturated rings. The summed E-state index contributed by atoms with van der Waals surface area (Å²) in [7, 11) is -2.24. The molecule has 24 heteroatoms. The number of amides is 7. The fourth-order valence-electron chi connectivity index (χ4n) is 8.09. The minimum atomic E-state index is -3.57. The molecule has 1 aromatic heterocycles. The third-order valence-corrected chi connectivity index (χ3v) is 13.4. The summed E-state index contributed by atoms with van der Waals surface area (Å²) in [6.45, 7) is -0.618. The molecule has 0 saturated carbocycles. The number of unbranched alkanes of at least 4 members (excludes halogenated alkanes) is 1. The molecule has 4 atom stereocenters. The van der Waals surface area contributed by atoms with E-state index in [9.17, 15) is 57.3 Å². The van der Waals surface area contributed by atoms with Gasteiger partial charge in [0.05, 0.1) is 24.6 Å². The Morgan fingerprint density at radius 3 is 2.44 bits per heavy atom. The summed E-state index contributed by atoms with van der Waals surface area (Å²) in [5, 5.41) is 36.2. The van der Waals surface area contributed by atoms with Crippen LogP contribution in [0.2, 0.25) is 0 Å². The van der Waals surface area contributed by atoms with Crippen LogP contribution in [0.5, 0.6) is 11.5 Å². The Labute approximate surface area is 434 Å². The number of hydrogen-bond donors (Lipinski definition) is 5. The van der Waals surface area contributed by atoms with Crippen molar-refractivity contribution >= 4 is 63.1 Å². The van der Waals surface area contributed by atoms with E-state index in [1.54, 1.807) is 53.7 Å². The van der Waals surface area contributed by atoms with Gasteiger partial charge in [-0.25, -0.2) is 13.2 Å². The lowest BCUT2D eigenvalue weighted by Gasteiger charge is -2.35. The van der Waals surface area contributed by atoms with Gasteiger partial charge in [0.2, 0.25) is 24.0 Å². The van der Waals surface area contributed by atoms with Gasteiger partial charge in [-0.1, -0.05) is 31.0 Å². The molecule has 5 N–H and O–H groups in total. The van der Waals surface area contributed by atoms with Crippen molar-refractivity contribution in [3.63, 3.8) is 0 Å². The molecular formula is C51H63N7O16S. The average Bonchev–Trinajstić information content (AvgIpc) is 3.72. The maximum Gasteiger partial charge on any atom is 0.412 e. The van der Waals surface area contributed by atoms with E-state index in [2.05, 4.69) is 15.6 Å². The van der Waals surface area contributed by atoms with E-state index in [0.717, 1.165) is 70.8 Å². The Bertz CT molecular complexity index is 2660. The number of aromatic nitrogens is 1. The molecule has 3 aromatic rings. The van der Waals surface area contributed by atoms with Gasteiger partial charge in [-0.3, -0.25) is 43.6 Å². The molecule has 0 aliphatic carbocycles. The van der Waals surface area contributed by atoms with Crippen LogP contribution < -0.4 is 20.1 Å². The summed E-state index contributed by atoms with van der Waals surface area (Å²) in [4.78, 5) is 98.1. The average molecular weight is 1060 g/mol. The van der Waals surface area contributed by atoms with E-state index < -0.39 is 89.8 Å². The quantitative estimate of drug-likeness (QED) is 0.0367. The van der Waals surface area contributed by atoms with Crippen LogP contribution in [0.25, 0.3) is 6.08 Å². The Kier molecular flexibility index (Phi) is 20.8. The molecule has 404 valence electrons. The third-order valence-electron chi connectivity index (χ3n) is 12.4. The van der Waals surface area contributed by atoms with Gasteiger partial charge in [-0.2, -0.15) is 0 Å². The van der Waals surface area contributed by atoms with Crippen molar-refractivity contribution in [2.75, 3.05) is 77.0 Å². The number of nitrogens with one attached hydrogen (secondary N) is 2. The fourth-order valence-corrected chi connectivity index (χ4v) is 8.65. The summed E-state index contributed by atoms with van der Waals surface area (Å²) < 4.78 is 47.1. The SMILES string of the molecule is CN(CC(=O)Nc1cc(COC(=O)N(CCS(C)(=O)=O)COc2cccc(C(=O)N3CCC(CCCCNC(=O)/C=C/c4cccnc4)CC3)c2)ccc1O[C@@H]1OC[C@@H](O)[C@H](O)[C@H]1O)C(=O)CCN1C(=O)C=CC1=O. The van der Waals surface area contributed by atoms with Crippen molar-refractivity contribution in [3.8, 4) is 11.5 Å². The minimum Gasteiger partial charge on any atom is -0.473 e. The largest absolute Gasteiger partial charge is 0.473 e. The number of likely N-dealkylation sites (N-methyl/N-ethyl adjacent to an activating group) is 1. The number of aliphatic hydroxyl groups excluding tert-OH is 3. The first-order chi connectivity index (χ1) is 35.8. The number of ether oxygens (including phenoxy) is 4. The van der Waals surface area contributed by atoms with E-state index in [0.29, 0.717) is 31.1 Å². The van der Waals surface area contributed by atoms with Gasteiger partial charge in [0, 0.05) is 88.6 Å². The molecule has 2 saturated heterocycles. The number of nitrogens with zero attached hydrogens (tertiary/aromatic N) is 5. The number of pyridine rings is 1. The number of hydrogen-bond acceptors (Lipinski definition) is 17. The van der Waals surface area contributed by atoms with Crippen LogP contribution >= 0.6 is 0 Å². The highest BCUT2D eigenvalue weighted by Crippen LogP contribution is 2.30. The molecule has 7 amide bonds. The Hall–Kier alpha value is -7.25. The highest BCUT2D eigenvalue weighted by atomic mass is 32.2. The number of benzene rings is 2. The second kappa shape index (κ2) is 27.3. The first-order valence-corrected chi connectivity index (χ1v) is 26.4. The fraction of sp³-hybridized carbons (Fsp3) is 0.451. The highest BCUT2D eigenvalue weighted by molar-refractivity contribution is 7.90. The van der Waals surface area contributed by atoms with E-state index in [4.69, 9.17) is 18.9 Å². The van der Waals surface area contributed by atoms with Gasteiger partial charge in [0.25, 0.3) is 17.7 Å². The molecule has 0 spiro atoms. The van der Waals surface area contributed by atoms with Gasteiger partial charge < -0.3 is 54.7 Å². The van der Waals surface area contributed by atoms with Crippen molar-refractivity contribution in [1.82, 2.24) is 29.9 Å². The monoisotopic (exact) mass is 1060 g/mol. The zero-order chi connectivity index (χ0) is 54.1. The summed E-state index contributed by atoms with van der Waals surface area (Å²) in [5.74, 6) is -2.64. The molecule has 23 nitrogen and oxygen atoms in total. The van der Waals surface area contributed by atoms with Crippen LogP contribution in [0.1, 0.15) is 60.0 Å².